The van der Waals surface area contributed by atoms with Crippen LogP contribution in [0.15, 0.2) is 58.5 Å². The quantitative estimate of drug-likeness (QED) is 0.620. The third-order valence-corrected chi connectivity index (χ3v) is 5.30. The van der Waals surface area contributed by atoms with Crippen LogP contribution in [0.5, 0.6) is 0 Å². The van der Waals surface area contributed by atoms with E-state index >= 15 is 0 Å². The van der Waals surface area contributed by atoms with Gasteiger partial charge in [-0.1, -0.05) is 12.1 Å². The summed E-state index contributed by atoms with van der Waals surface area (Å²) in [6.45, 7) is 0.915. The van der Waals surface area contributed by atoms with Gasteiger partial charge in [-0.05, 0) is 56.1 Å². The van der Waals surface area contributed by atoms with Gasteiger partial charge in [0.2, 0.25) is 0 Å². The minimum atomic E-state index is -0.394. The molecule has 1 heterocycles. The molecule has 6 nitrogen and oxygen atoms in total. The molecule has 0 unspecified atom stereocenters. The van der Waals surface area contributed by atoms with Crippen LogP contribution >= 0.6 is 0 Å². The highest BCUT2D eigenvalue weighted by atomic mass is 19.1. The average Bonchev–Trinajstić information content (AvgIpc) is 3.18. The Morgan fingerprint density at radius 1 is 1.03 bits per heavy atom. The van der Waals surface area contributed by atoms with E-state index in [9.17, 15) is 13.6 Å². The van der Waals surface area contributed by atoms with Crippen molar-refractivity contribution in [1.82, 2.24) is 9.80 Å². The molecule has 3 rings (SSSR count). The Labute approximate surface area is 174 Å². The number of amidine groups is 2. The van der Waals surface area contributed by atoms with E-state index < -0.39 is 5.91 Å². The van der Waals surface area contributed by atoms with Crippen LogP contribution < -0.4 is 5.73 Å². The van der Waals surface area contributed by atoms with Crippen LogP contribution in [-0.2, 0) is 4.79 Å². The summed E-state index contributed by atoms with van der Waals surface area (Å²) < 4.78 is 26.5. The van der Waals surface area contributed by atoms with E-state index in [-0.39, 0.29) is 35.3 Å². The first-order chi connectivity index (χ1) is 14.3. The zero-order chi connectivity index (χ0) is 21.8. The second kappa shape index (κ2) is 9.13. The molecular formula is C22H25F2N5O. The lowest BCUT2D eigenvalue weighted by molar-refractivity contribution is -0.123. The number of likely N-dealkylation sites (tertiary alicyclic amines) is 1. The average molecular weight is 413 g/mol. The van der Waals surface area contributed by atoms with Crippen LogP contribution in [0, 0.1) is 11.6 Å². The predicted molar refractivity (Wildman–Crippen MR) is 114 cm³/mol. The molecule has 0 bridgehead atoms. The largest absolute Gasteiger partial charge is 0.379 e. The number of hydrogen-bond acceptors (Lipinski definition) is 3. The highest BCUT2D eigenvalue weighted by molar-refractivity contribution is 6.39. The Morgan fingerprint density at radius 3 is 2.13 bits per heavy atom. The number of aliphatic imine (C=N–C) groups is 2. The SMILES string of the molecule is CN=C(N=C(N)C(=O)N1C[C@@H](N(C)C)[C@H](c2ccc(F)cc2)C1)c1ccc(F)cc1. The topological polar surface area (TPSA) is 74.3 Å². The number of hydrogen-bond donors (Lipinski definition) is 1. The standard InChI is InChI=1S/C22H25F2N5O/c1-26-21(15-6-10-17(24)11-7-15)27-20(25)22(30)29-12-18(19(13-29)28(2)3)14-4-8-16(23)9-5-14/h4-11,18-19H,12-13H2,1-3H3,(H2,25,26,27)/t18-,19+/m0/s1. The molecule has 0 saturated carbocycles. The van der Waals surface area contributed by atoms with Gasteiger partial charge < -0.3 is 15.5 Å². The van der Waals surface area contributed by atoms with Crippen LogP contribution in [0.2, 0.25) is 0 Å². The summed E-state index contributed by atoms with van der Waals surface area (Å²) >= 11 is 0. The van der Waals surface area contributed by atoms with Crippen LogP contribution in [0.1, 0.15) is 17.0 Å². The van der Waals surface area contributed by atoms with Crippen molar-refractivity contribution in [3.05, 3.63) is 71.3 Å². The molecule has 8 heteroatoms. The lowest BCUT2D eigenvalue weighted by atomic mass is 9.94. The third kappa shape index (κ3) is 4.71. The Balaban J connectivity index is 1.80. The van der Waals surface area contributed by atoms with Crippen molar-refractivity contribution in [2.24, 2.45) is 15.7 Å². The Hall–Kier alpha value is -3.13. The zero-order valence-electron chi connectivity index (χ0n) is 17.2. The number of amides is 1. The fourth-order valence-corrected chi connectivity index (χ4v) is 3.68. The van der Waals surface area contributed by atoms with Crippen molar-refractivity contribution in [3.63, 3.8) is 0 Å². The number of likely N-dealkylation sites (N-methyl/N-ethyl adjacent to an activating group) is 1. The summed E-state index contributed by atoms with van der Waals surface area (Å²) in [7, 11) is 5.43. The van der Waals surface area contributed by atoms with Gasteiger partial charge in [0.05, 0.1) is 0 Å². The molecule has 0 aromatic heterocycles. The molecule has 30 heavy (non-hydrogen) atoms. The first kappa shape index (κ1) is 21.6. The molecule has 0 spiro atoms. The number of benzene rings is 2. The molecule has 2 N–H and O–H groups in total. The molecule has 2 aromatic rings. The molecule has 1 saturated heterocycles. The molecule has 2 aromatic carbocycles. The van der Waals surface area contributed by atoms with Gasteiger partial charge in [-0.3, -0.25) is 9.79 Å². The van der Waals surface area contributed by atoms with Crippen LogP contribution in [0.4, 0.5) is 8.78 Å². The maximum absolute atomic E-state index is 13.3. The van der Waals surface area contributed by atoms with E-state index in [1.54, 1.807) is 17.0 Å². The smallest absolute Gasteiger partial charge is 0.289 e. The number of carbonyl (C=O) groups is 1. The van der Waals surface area contributed by atoms with Crippen molar-refractivity contribution < 1.29 is 13.6 Å². The molecule has 2 atom stereocenters. The van der Waals surface area contributed by atoms with Crippen LogP contribution in [0.3, 0.4) is 0 Å². The van der Waals surface area contributed by atoms with Crippen LogP contribution in [0.25, 0.3) is 0 Å². The van der Waals surface area contributed by atoms with Crippen molar-refractivity contribution in [2.45, 2.75) is 12.0 Å². The maximum Gasteiger partial charge on any atom is 0.289 e. The summed E-state index contributed by atoms with van der Waals surface area (Å²) in [5.74, 6) is -0.976. The lowest BCUT2D eigenvalue weighted by Crippen LogP contribution is -2.41. The van der Waals surface area contributed by atoms with E-state index in [0.29, 0.717) is 18.7 Å². The second-order valence-electron chi connectivity index (χ2n) is 7.45. The van der Waals surface area contributed by atoms with E-state index in [2.05, 4.69) is 9.98 Å². The van der Waals surface area contributed by atoms with Gasteiger partial charge in [-0.2, -0.15) is 0 Å². The number of nitrogens with two attached hydrogens (primary N) is 1. The van der Waals surface area contributed by atoms with E-state index in [1.165, 1.54) is 43.4 Å². The molecular weight excluding hydrogens is 388 g/mol. The monoisotopic (exact) mass is 413 g/mol. The highest BCUT2D eigenvalue weighted by Crippen LogP contribution is 2.30. The molecule has 0 aliphatic carbocycles. The number of carbonyl (C=O) groups excluding carboxylic acids is 1. The molecule has 1 aliphatic heterocycles. The van der Waals surface area contributed by atoms with Crippen molar-refractivity contribution in [1.29, 1.82) is 0 Å². The molecule has 1 aliphatic rings. The van der Waals surface area contributed by atoms with Gasteiger partial charge in [-0.25, -0.2) is 13.8 Å². The van der Waals surface area contributed by atoms with E-state index in [1.807, 2.05) is 19.0 Å². The molecule has 1 amide bonds. The summed E-state index contributed by atoms with van der Waals surface area (Å²) in [6, 6.07) is 12.1. The fourth-order valence-electron chi connectivity index (χ4n) is 3.68. The molecule has 0 radical (unpaired) electrons. The molecule has 158 valence electrons. The summed E-state index contributed by atoms with van der Waals surface area (Å²) in [5.41, 5.74) is 7.53. The minimum Gasteiger partial charge on any atom is -0.379 e. The second-order valence-corrected chi connectivity index (χ2v) is 7.45. The highest BCUT2D eigenvalue weighted by Gasteiger charge is 2.38. The van der Waals surface area contributed by atoms with E-state index in [0.717, 1.165) is 5.56 Å². The number of rotatable bonds is 3. The first-order valence-corrected chi connectivity index (χ1v) is 9.58. The summed E-state index contributed by atoms with van der Waals surface area (Å²) in [5, 5.41) is 0. The lowest BCUT2D eigenvalue weighted by Gasteiger charge is -2.25. The maximum atomic E-state index is 13.3. The normalized spacial score (nSPS) is 20.1. The predicted octanol–water partition coefficient (Wildman–Crippen LogP) is 2.25. The number of halogens is 2. The van der Waals surface area contributed by atoms with Crippen molar-refractivity contribution in [2.75, 3.05) is 34.2 Å². The van der Waals surface area contributed by atoms with Gasteiger partial charge in [0, 0.05) is 37.7 Å². The number of nitrogens with zero attached hydrogens (tertiary/aromatic N) is 4. The fraction of sp³-hybridized carbons (Fsp3) is 0.318. The summed E-state index contributed by atoms with van der Waals surface area (Å²) in [4.78, 5) is 24.9. The van der Waals surface area contributed by atoms with Crippen molar-refractivity contribution in [3.8, 4) is 0 Å². The van der Waals surface area contributed by atoms with Gasteiger partial charge in [0.25, 0.3) is 5.91 Å². The van der Waals surface area contributed by atoms with Gasteiger partial charge in [0.15, 0.2) is 11.7 Å². The van der Waals surface area contributed by atoms with Gasteiger partial charge in [-0.15, -0.1) is 0 Å². The van der Waals surface area contributed by atoms with E-state index in [4.69, 9.17) is 5.73 Å². The third-order valence-electron chi connectivity index (χ3n) is 5.30. The summed E-state index contributed by atoms with van der Waals surface area (Å²) in [6.07, 6.45) is 0. The van der Waals surface area contributed by atoms with Crippen molar-refractivity contribution >= 4 is 17.6 Å². The Bertz CT molecular complexity index is 954. The van der Waals surface area contributed by atoms with Gasteiger partial charge >= 0.3 is 0 Å². The zero-order valence-corrected chi connectivity index (χ0v) is 17.2. The minimum absolute atomic E-state index is 0.0220. The first-order valence-electron chi connectivity index (χ1n) is 9.58. The Kier molecular flexibility index (Phi) is 6.56. The van der Waals surface area contributed by atoms with Gasteiger partial charge in [0.1, 0.15) is 11.6 Å². The molecule has 1 fully saturated rings. The van der Waals surface area contributed by atoms with Crippen LogP contribution in [-0.4, -0.2) is 67.7 Å². The Morgan fingerprint density at radius 2 is 1.60 bits per heavy atom.